The lowest BCUT2D eigenvalue weighted by atomic mass is 10.1. The molecule has 3 rings (SSSR count). The van der Waals surface area contributed by atoms with Gasteiger partial charge < -0.3 is 9.88 Å². The summed E-state index contributed by atoms with van der Waals surface area (Å²) in [7, 11) is 0. The highest BCUT2D eigenvalue weighted by atomic mass is 19.1. The third kappa shape index (κ3) is 4.88. The van der Waals surface area contributed by atoms with E-state index < -0.39 is 5.82 Å². The second kappa shape index (κ2) is 8.40. The van der Waals surface area contributed by atoms with Crippen LogP contribution < -0.4 is 5.32 Å². The van der Waals surface area contributed by atoms with E-state index in [4.69, 9.17) is 0 Å². The van der Waals surface area contributed by atoms with Gasteiger partial charge in [-0.15, -0.1) is 0 Å². The fraction of sp³-hybridized carbons (Fsp3) is 0.190. The maximum atomic E-state index is 12.9. The number of rotatable bonds is 7. The Bertz CT molecular complexity index is 904. The molecule has 0 spiro atoms. The number of ketones is 1. The number of carbonyl (C=O) groups is 2. The predicted molar refractivity (Wildman–Crippen MR) is 100 cm³/mol. The van der Waals surface area contributed by atoms with Gasteiger partial charge >= 0.3 is 0 Å². The van der Waals surface area contributed by atoms with Gasteiger partial charge in [-0.2, -0.15) is 0 Å². The summed E-state index contributed by atoms with van der Waals surface area (Å²) in [5.74, 6) is -0.767. The third-order valence-corrected chi connectivity index (χ3v) is 4.32. The maximum Gasteiger partial charge on any atom is 0.220 e. The van der Waals surface area contributed by atoms with Crippen molar-refractivity contribution in [3.63, 3.8) is 0 Å². The van der Waals surface area contributed by atoms with Crippen LogP contribution >= 0.6 is 0 Å². The number of imidazole rings is 1. The van der Waals surface area contributed by atoms with Crippen LogP contribution in [-0.4, -0.2) is 21.2 Å². The van der Waals surface area contributed by atoms with E-state index in [9.17, 15) is 14.0 Å². The van der Waals surface area contributed by atoms with Crippen LogP contribution in [-0.2, 0) is 4.79 Å². The minimum Gasteiger partial charge on any atom is -0.350 e. The van der Waals surface area contributed by atoms with Crippen LogP contribution in [0.25, 0.3) is 5.69 Å². The number of nitrogens with one attached hydrogen (secondary N) is 1. The molecule has 0 saturated heterocycles. The third-order valence-electron chi connectivity index (χ3n) is 4.32. The molecule has 27 heavy (non-hydrogen) atoms. The summed E-state index contributed by atoms with van der Waals surface area (Å²) in [4.78, 5) is 28.2. The maximum absolute atomic E-state index is 12.9. The highest BCUT2D eigenvalue weighted by Gasteiger charge is 2.13. The van der Waals surface area contributed by atoms with Crippen molar-refractivity contribution < 1.29 is 14.0 Å². The van der Waals surface area contributed by atoms with Crippen molar-refractivity contribution in [3.05, 3.63) is 84.2 Å². The van der Waals surface area contributed by atoms with Crippen LogP contribution in [0, 0.1) is 5.82 Å². The van der Waals surface area contributed by atoms with Gasteiger partial charge in [-0.25, -0.2) is 9.37 Å². The minimum atomic E-state index is -0.392. The molecular formula is C21H20FN3O2. The van der Waals surface area contributed by atoms with Gasteiger partial charge in [0.15, 0.2) is 5.78 Å². The van der Waals surface area contributed by atoms with Gasteiger partial charge in [0, 0.05) is 36.5 Å². The Morgan fingerprint density at radius 1 is 1.07 bits per heavy atom. The SMILES string of the molecule is CC(NC(=O)CCC(=O)c1ccc(F)cc1)c1ccc(-n2ccnc2)cc1. The Hall–Kier alpha value is -3.28. The van der Waals surface area contributed by atoms with Gasteiger partial charge in [-0.05, 0) is 48.9 Å². The molecule has 1 heterocycles. The second-order valence-corrected chi connectivity index (χ2v) is 6.28. The molecule has 0 saturated carbocycles. The van der Waals surface area contributed by atoms with E-state index in [1.165, 1.54) is 24.3 Å². The fourth-order valence-electron chi connectivity index (χ4n) is 2.75. The van der Waals surface area contributed by atoms with E-state index in [1.807, 2.05) is 42.0 Å². The molecule has 0 aliphatic rings. The van der Waals surface area contributed by atoms with Crippen molar-refractivity contribution in [2.24, 2.45) is 0 Å². The zero-order chi connectivity index (χ0) is 19.2. The molecule has 1 unspecified atom stereocenters. The van der Waals surface area contributed by atoms with Gasteiger partial charge in [-0.3, -0.25) is 9.59 Å². The van der Waals surface area contributed by atoms with Crippen LogP contribution in [0.15, 0.2) is 67.3 Å². The van der Waals surface area contributed by atoms with Gasteiger partial charge in [0.1, 0.15) is 5.82 Å². The molecule has 2 aromatic carbocycles. The molecular weight excluding hydrogens is 345 g/mol. The molecule has 6 heteroatoms. The average molecular weight is 365 g/mol. The van der Waals surface area contributed by atoms with Gasteiger partial charge in [0.05, 0.1) is 12.4 Å². The summed E-state index contributed by atoms with van der Waals surface area (Å²) in [6, 6.07) is 13.0. The number of benzene rings is 2. The first kappa shape index (κ1) is 18.5. The van der Waals surface area contributed by atoms with E-state index in [0.29, 0.717) is 5.56 Å². The summed E-state index contributed by atoms with van der Waals surface area (Å²) in [5.41, 5.74) is 2.36. The van der Waals surface area contributed by atoms with E-state index in [1.54, 1.807) is 12.5 Å². The monoisotopic (exact) mass is 365 g/mol. The Balaban J connectivity index is 1.51. The number of aromatic nitrogens is 2. The molecule has 0 fully saturated rings. The molecule has 5 nitrogen and oxygen atoms in total. The van der Waals surface area contributed by atoms with Gasteiger partial charge in [-0.1, -0.05) is 12.1 Å². The van der Waals surface area contributed by atoms with Crippen molar-refractivity contribution in [1.82, 2.24) is 14.9 Å². The molecule has 138 valence electrons. The summed E-state index contributed by atoms with van der Waals surface area (Å²) in [6.07, 6.45) is 5.47. The van der Waals surface area contributed by atoms with Crippen LogP contribution in [0.4, 0.5) is 4.39 Å². The van der Waals surface area contributed by atoms with Crippen LogP contribution in [0.1, 0.15) is 41.7 Å². The van der Waals surface area contributed by atoms with E-state index in [2.05, 4.69) is 10.3 Å². The Labute approximate surface area is 156 Å². The van der Waals surface area contributed by atoms with Gasteiger partial charge in [0.25, 0.3) is 0 Å². The fourth-order valence-corrected chi connectivity index (χ4v) is 2.75. The number of amides is 1. The number of Topliss-reactive ketones (excluding diaryl/α,β-unsaturated/α-hetero) is 1. The first-order valence-corrected chi connectivity index (χ1v) is 8.69. The lowest BCUT2D eigenvalue weighted by Crippen LogP contribution is -2.27. The first-order valence-electron chi connectivity index (χ1n) is 8.69. The summed E-state index contributed by atoms with van der Waals surface area (Å²) >= 11 is 0. The quantitative estimate of drug-likeness (QED) is 0.647. The molecule has 1 amide bonds. The molecule has 1 atom stereocenters. The number of halogens is 1. The molecule has 0 aliphatic heterocycles. The van der Waals surface area contributed by atoms with Crippen molar-refractivity contribution in [2.75, 3.05) is 0 Å². The minimum absolute atomic E-state index is 0.0871. The summed E-state index contributed by atoms with van der Waals surface area (Å²) < 4.78 is 14.8. The van der Waals surface area contributed by atoms with E-state index in [0.717, 1.165) is 11.3 Å². The number of hydrogen-bond acceptors (Lipinski definition) is 3. The molecule has 0 radical (unpaired) electrons. The molecule has 1 aromatic heterocycles. The highest BCUT2D eigenvalue weighted by Crippen LogP contribution is 2.16. The second-order valence-electron chi connectivity index (χ2n) is 6.28. The average Bonchev–Trinajstić information content (AvgIpc) is 3.21. The number of nitrogens with zero attached hydrogens (tertiary/aromatic N) is 2. The topological polar surface area (TPSA) is 64.0 Å². The zero-order valence-electron chi connectivity index (χ0n) is 14.9. The first-order chi connectivity index (χ1) is 13.0. The van der Waals surface area contributed by atoms with E-state index >= 15 is 0 Å². The van der Waals surface area contributed by atoms with Crippen molar-refractivity contribution in [2.45, 2.75) is 25.8 Å². The van der Waals surface area contributed by atoms with E-state index in [-0.39, 0.29) is 30.6 Å². The van der Waals surface area contributed by atoms with Crippen LogP contribution in [0.3, 0.4) is 0 Å². The summed E-state index contributed by atoms with van der Waals surface area (Å²) in [5, 5.41) is 2.90. The Morgan fingerprint density at radius 3 is 2.41 bits per heavy atom. The predicted octanol–water partition coefficient (Wildman–Crippen LogP) is 3.85. The highest BCUT2D eigenvalue weighted by molar-refractivity contribution is 5.97. The summed E-state index contributed by atoms with van der Waals surface area (Å²) in [6.45, 7) is 1.89. The van der Waals surface area contributed by atoms with Gasteiger partial charge in [0.2, 0.25) is 5.91 Å². The molecule has 0 aliphatic carbocycles. The normalized spacial score (nSPS) is 11.8. The van der Waals surface area contributed by atoms with Crippen molar-refractivity contribution >= 4 is 11.7 Å². The largest absolute Gasteiger partial charge is 0.350 e. The lowest BCUT2D eigenvalue weighted by Gasteiger charge is -2.15. The lowest BCUT2D eigenvalue weighted by molar-refractivity contribution is -0.121. The molecule has 1 N–H and O–H groups in total. The van der Waals surface area contributed by atoms with Crippen LogP contribution in [0.5, 0.6) is 0 Å². The zero-order valence-corrected chi connectivity index (χ0v) is 14.9. The van der Waals surface area contributed by atoms with Crippen molar-refractivity contribution in [3.8, 4) is 5.69 Å². The Kier molecular flexibility index (Phi) is 5.76. The number of carbonyl (C=O) groups excluding carboxylic acids is 2. The molecule has 3 aromatic rings. The standard InChI is InChI=1S/C21H20FN3O2/c1-15(16-4-8-19(9-5-16)25-13-12-23-14-25)24-21(27)11-10-20(26)17-2-6-18(22)7-3-17/h2-9,12-15H,10-11H2,1H3,(H,24,27). The van der Waals surface area contributed by atoms with Crippen LogP contribution in [0.2, 0.25) is 0 Å². The van der Waals surface area contributed by atoms with Crippen molar-refractivity contribution in [1.29, 1.82) is 0 Å². The molecule has 0 bridgehead atoms. The Morgan fingerprint density at radius 2 is 1.78 bits per heavy atom. The number of hydrogen-bond donors (Lipinski definition) is 1. The smallest absolute Gasteiger partial charge is 0.220 e.